The third-order valence-corrected chi connectivity index (χ3v) is 3.56. The summed E-state index contributed by atoms with van der Waals surface area (Å²) in [6, 6.07) is 13.2. The summed E-state index contributed by atoms with van der Waals surface area (Å²) in [4.78, 5) is 0. The molecule has 0 bridgehead atoms. The van der Waals surface area contributed by atoms with Gasteiger partial charge in [-0.25, -0.2) is 0 Å². The van der Waals surface area contributed by atoms with Crippen molar-refractivity contribution in [2.75, 3.05) is 0 Å². The Morgan fingerprint density at radius 2 is 1.89 bits per heavy atom. The zero-order valence-electron chi connectivity index (χ0n) is 11.8. The lowest BCUT2D eigenvalue weighted by molar-refractivity contribution is 0.630. The Morgan fingerprint density at radius 1 is 1.11 bits per heavy atom. The van der Waals surface area contributed by atoms with Crippen LogP contribution >= 0.6 is 0 Å². The summed E-state index contributed by atoms with van der Waals surface area (Å²) in [5.74, 6) is 0. The van der Waals surface area contributed by atoms with Crippen LogP contribution in [0, 0.1) is 0 Å². The monoisotopic (exact) mass is 256 g/mol. The summed E-state index contributed by atoms with van der Waals surface area (Å²) in [6.07, 6.45) is 8.76. The molecular weight excluding hydrogens is 232 g/mol. The standard InChI is InChI=1S/C17H24N2/c1-2-17(18)13-16-10-12-19(14-16)11-6-9-15-7-4-3-5-8-15/h3-5,7-8,10,12,14,17H,2,6,9,11,13,18H2,1H3. The van der Waals surface area contributed by atoms with Crippen LogP contribution < -0.4 is 5.73 Å². The molecule has 0 saturated carbocycles. The van der Waals surface area contributed by atoms with Gasteiger partial charge in [-0.15, -0.1) is 0 Å². The van der Waals surface area contributed by atoms with Gasteiger partial charge in [0.25, 0.3) is 0 Å². The van der Waals surface area contributed by atoms with Crippen molar-refractivity contribution in [3.8, 4) is 0 Å². The van der Waals surface area contributed by atoms with Gasteiger partial charge in [0.15, 0.2) is 0 Å². The van der Waals surface area contributed by atoms with Crippen LogP contribution in [0.5, 0.6) is 0 Å². The molecule has 2 aromatic rings. The smallest absolute Gasteiger partial charge is 0.0222 e. The highest BCUT2D eigenvalue weighted by Gasteiger charge is 2.03. The fraction of sp³-hybridized carbons (Fsp3) is 0.412. The molecule has 0 saturated heterocycles. The van der Waals surface area contributed by atoms with Crippen molar-refractivity contribution >= 4 is 0 Å². The van der Waals surface area contributed by atoms with Gasteiger partial charge >= 0.3 is 0 Å². The molecular formula is C17H24N2. The Labute approximate surface area is 116 Å². The van der Waals surface area contributed by atoms with Crippen LogP contribution in [0.3, 0.4) is 0 Å². The average molecular weight is 256 g/mol. The van der Waals surface area contributed by atoms with Crippen molar-refractivity contribution in [2.45, 2.75) is 45.2 Å². The quantitative estimate of drug-likeness (QED) is 0.808. The second-order valence-electron chi connectivity index (χ2n) is 5.22. The van der Waals surface area contributed by atoms with Crippen molar-refractivity contribution in [2.24, 2.45) is 5.73 Å². The molecule has 0 fully saturated rings. The molecule has 102 valence electrons. The minimum atomic E-state index is 0.292. The maximum absolute atomic E-state index is 5.98. The van der Waals surface area contributed by atoms with Crippen LogP contribution in [0.2, 0.25) is 0 Å². The molecule has 1 heterocycles. The molecule has 0 aliphatic carbocycles. The summed E-state index contributed by atoms with van der Waals surface area (Å²) in [6.45, 7) is 3.22. The molecule has 0 aliphatic heterocycles. The highest BCUT2D eigenvalue weighted by Crippen LogP contribution is 2.08. The molecule has 0 aliphatic rings. The predicted molar refractivity (Wildman–Crippen MR) is 81.2 cm³/mol. The minimum absolute atomic E-state index is 0.292. The predicted octanol–water partition coefficient (Wildman–Crippen LogP) is 3.40. The molecule has 2 N–H and O–H groups in total. The molecule has 19 heavy (non-hydrogen) atoms. The number of benzene rings is 1. The van der Waals surface area contributed by atoms with E-state index in [-0.39, 0.29) is 0 Å². The molecule has 1 aromatic carbocycles. The lowest BCUT2D eigenvalue weighted by Crippen LogP contribution is -2.21. The Balaban J connectivity index is 1.77. The van der Waals surface area contributed by atoms with Crippen molar-refractivity contribution in [1.29, 1.82) is 0 Å². The van der Waals surface area contributed by atoms with E-state index >= 15 is 0 Å². The van der Waals surface area contributed by atoms with Crippen LogP contribution in [-0.4, -0.2) is 10.6 Å². The van der Waals surface area contributed by atoms with Crippen molar-refractivity contribution < 1.29 is 0 Å². The van der Waals surface area contributed by atoms with E-state index in [1.807, 2.05) is 0 Å². The van der Waals surface area contributed by atoms with Crippen molar-refractivity contribution in [1.82, 2.24) is 4.57 Å². The summed E-state index contributed by atoms with van der Waals surface area (Å²) < 4.78 is 2.28. The number of hydrogen-bond donors (Lipinski definition) is 1. The van der Waals surface area contributed by atoms with Crippen LogP contribution in [0.1, 0.15) is 30.9 Å². The van der Waals surface area contributed by atoms with Gasteiger partial charge in [-0.3, -0.25) is 0 Å². The normalized spacial score (nSPS) is 12.5. The minimum Gasteiger partial charge on any atom is -0.354 e. The topological polar surface area (TPSA) is 30.9 Å². The summed E-state index contributed by atoms with van der Waals surface area (Å²) >= 11 is 0. The molecule has 0 radical (unpaired) electrons. The van der Waals surface area contributed by atoms with E-state index in [0.29, 0.717) is 6.04 Å². The first kappa shape index (κ1) is 13.9. The fourth-order valence-electron chi connectivity index (χ4n) is 2.31. The van der Waals surface area contributed by atoms with Gasteiger partial charge in [0, 0.05) is 25.0 Å². The largest absolute Gasteiger partial charge is 0.354 e. The number of nitrogens with zero attached hydrogens (tertiary/aromatic N) is 1. The number of nitrogens with two attached hydrogens (primary N) is 1. The molecule has 1 aromatic heterocycles. The third kappa shape index (κ3) is 4.56. The van der Waals surface area contributed by atoms with Crippen LogP contribution in [-0.2, 0) is 19.4 Å². The van der Waals surface area contributed by atoms with E-state index in [9.17, 15) is 0 Å². The molecule has 0 amide bonds. The van der Waals surface area contributed by atoms with Gasteiger partial charge < -0.3 is 10.3 Å². The van der Waals surface area contributed by atoms with Gasteiger partial charge in [-0.05, 0) is 42.9 Å². The number of aryl methyl sites for hydroxylation is 2. The lowest BCUT2D eigenvalue weighted by Gasteiger charge is -2.06. The Kier molecular flexibility index (Phi) is 5.22. The van der Waals surface area contributed by atoms with E-state index in [2.05, 4.69) is 60.3 Å². The second-order valence-corrected chi connectivity index (χ2v) is 5.22. The number of aromatic nitrogens is 1. The number of hydrogen-bond acceptors (Lipinski definition) is 1. The van der Waals surface area contributed by atoms with Crippen LogP contribution in [0.25, 0.3) is 0 Å². The average Bonchev–Trinajstić information content (AvgIpc) is 2.87. The first-order valence-corrected chi connectivity index (χ1v) is 7.22. The Bertz CT molecular complexity index is 473. The molecule has 1 atom stereocenters. The van der Waals surface area contributed by atoms with Gasteiger partial charge in [-0.1, -0.05) is 37.3 Å². The SMILES string of the molecule is CCC(N)Cc1ccn(CCCc2ccccc2)c1. The molecule has 2 nitrogen and oxygen atoms in total. The zero-order chi connectivity index (χ0) is 13.5. The van der Waals surface area contributed by atoms with Crippen LogP contribution in [0.4, 0.5) is 0 Å². The van der Waals surface area contributed by atoms with E-state index in [0.717, 1.165) is 25.8 Å². The van der Waals surface area contributed by atoms with Gasteiger partial charge in [0.05, 0.1) is 0 Å². The Hall–Kier alpha value is -1.54. The molecule has 1 unspecified atom stereocenters. The Morgan fingerprint density at radius 3 is 2.63 bits per heavy atom. The maximum Gasteiger partial charge on any atom is 0.0222 e. The summed E-state index contributed by atoms with van der Waals surface area (Å²) in [7, 11) is 0. The van der Waals surface area contributed by atoms with E-state index in [1.54, 1.807) is 0 Å². The molecule has 2 heteroatoms. The highest BCUT2D eigenvalue weighted by molar-refractivity contribution is 5.15. The van der Waals surface area contributed by atoms with Gasteiger partial charge in [0.2, 0.25) is 0 Å². The van der Waals surface area contributed by atoms with E-state index in [1.165, 1.54) is 17.5 Å². The van der Waals surface area contributed by atoms with Crippen molar-refractivity contribution in [3.63, 3.8) is 0 Å². The summed E-state index contributed by atoms with van der Waals surface area (Å²) in [5, 5.41) is 0. The molecule has 2 rings (SSSR count). The van der Waals surface area contributed by atoms with Gasteiger partial charge in [0.1, 0.15) is 0 Å². The van der Waals surface area contributed by atoms with Crippen LogP contribution in [0.15, 0.2) is 48.8 Å². The van der Waals surface area contributed by atoms with E-state index < -0.39 is 0 Å². The lowest BCUT2D eigenvalue weighted by atomic mass is 10.1. The first-order valence-electron chi connectivity index (χ1n) is 7.22. The first-order chi connectivity index (χ1) is 9.28. The van der Waals surface area contributed by atoms with E-state index in [4.69, 9.17) is 5.73 Å². The zero-order valence-corrected chi connectivity index (χ0v) is 11.8. The van der Waals surface area contributed by atoms with Gasteiger partial charge in [-0.2, -0.15) is 0 Å². The summed E-state index contributed by atoms with van der Waals surface area (Å²) in [5.41, 5.74) is 8.76. The third-order valence-electron chi connectivity index (χ3n) is 3.56. The fourth-order valence-corrected chi connectivity index (χ4v) is 2.31. The molecule has 0 spiro atoms. The highest BCUT2D eigenvalue weighted by atomic mass is 14.9. The maximum atomic E-state index is 5.98. The number of rotatable bonds is 7. The van der Waals surface area contributed by atoms with Crippen molar-refractivity contribution in [3.05, 3.63) is 59.9 Å². The second kappa shape index (κ2) is 7.15.